The van der Waals surface area contributed by atoms with Crippen LogP contribution in [0.4, 0.5) is 0 Å². The standard InChI is InChI=1S/C16H22N2O2/c1-10-5-13-12-6-11(7-17-8-12)9-18(13)16(19)15(10)14-3-2-4-20-14/h5,11-12,14,17H,2-4,6-9H2,1H3. The lowest BCUT2D eigenvalue weighted by molar-refractivity contribution is 0.109. The molecule has 4 heterocycles. The molecular formula is C16H22N2O2. The van der Waals surface area contributed by atoms with Crippen molar-refractivity contribution in [3.05, 3.63) is 33.2 Å². The Morgan fingerprint density at radius 2 is 2.30 bits per heavy atom. The van der Waals surface area contributed by atoms with Gasteiger partial charge in [0, 0.05) is 36.9 Å². The van der Waals surface area contributed by atoms with Crippen LogP contribution in [0, 0.1) is 12.8 Å². The van der Waals surface area contributed by atoms with Gasteiger partial charge in [0.25, 0.3) is 5.56 Å². The zero-order chi connectivity index (χ0) is 13.7. The molecule has 4 heteroatoms. The second-order valence-electron chi connectivity index (χ2n) is 6.54. The molecule has 3 aliphatic heterocycles. The van der Waals surface area contributed by atoms with Crippen LogP contribution in [0.5, 0.6) is 0 Å². The van der Waals surface area contributed by atoms with Crippen molar-refractivity contribution >= 4 is 0 Å². The van der Waals surface area contributed by atoms with E-state index in [9.17, 15) is 4.79 Å². The summed E-state index contributed by atoms with van der Waals surface area (Å²) in [4.78, 5) is 12.9. The van der Waals surface area contributed by atoms with Crippen LogP contribution in [0.25, 0.3) is 0 Å². The lowest BCUT2D eigenvalue weighted by atomic mass is 9.83. The molecule has 0 spiro atoms. The van der Waals surface area contributed by atoms with E-state index in [0.29, 0.717) is 11.8 Å². The van der Waals surface area contributed by atoms with E-state index < -0.39 is 0 Å². The number of hydrogen-bond acceptors (Lipinski definition) is 3. The minimum Gasteiger partial charge on any atom is -0.373 e. The molecular weight excluding hydrogens is 252 g/mol. The maximum absolute atomic E-state index is 12.9. The van der Waals surface area contributed by atoms with Crippen LogP contribution in [0.2, 0.25) is 0 Å². The molecule has 0 aliphatic carbocycles. The van der Waals surface area contributed by atoms with Gasteiger partial charge in [-0.25, -0.2) is 0 Å². The molecule has 3 unspecified atom stereocenters. The topological polar surface area (TPSA) is 43.3 Å². The highest BCUT2D eigenvalue weighted by atomic mass is 16.5. The Labute approximate surface area is 119 Å². The Kier molecular flexibility index (Phi) is 2.97. The summed E-state index contributed by atoms with van der Waals surface area (Å²) in [6.07, 6.45) is 3.32. The normalized spacial score (nSPS) is 32.1. The zero-order valence-electron chi connectivity index (χ0n) is 12.0. The van der Waals surface area contributed by atoms with Crippen molar-refractivity contribution in [2.24, 2.45) is 5.92 Å². The van der Waals surface area contributed by atoms with E-state index in [1.54, 1.807) is 0 Å². The monoisotopic (exact) mass is 274 g/mol. The van der Waals surface area contributed by atoms with Gasteiger partial charge < -0.3 is 14.6 Å². The predicted molar refractivity (Wildman–Crippen MR) is 77.1 cm³/mol. The molecule has 4 nitrogen and oxygen atoms in total. The first kappa shape index (κ1) is 12.6. The number of rotatable bonds is 1. The Hall–Kier alpha value is -1.13. The van der Waals surface area contributed by atoms with Crippen LogP contribution >= 0.6 is 0 Å². The van der Waals surface area contributed by atoms with Crippen LogP contribution in [-0.2, 0) is 11.3 Å². The smallest absolute Gasteiger partial charge is 0.256 e. The summed E-state index contributed by atoms with van der Waals surface area (Å²) in [5.74, 6) is 1.12. The average molecular weight is 274 g/mol. The average Bonchev–Trinajstić information content (AvgIpc) is 2.95. The number of aromatic nitrogens is 1. The van der Waals surface area contributed by atoms with Gasteiger partial charge in [0.1, 0.15) is 0 Å². The number of ether oxygens (including phenoxy) is 1. The van der Waals surface area contributed by atoms with Crippen molar-refractivity contribution < 1.29 is 4.74 Å². The molecule has 1 aromatic rings. The molecule has 2 bridgehead atoms. The molecule has 2 fully saturated rings. The van der Waals surface area contributed by atoms with E-state index >= 15 is 0 Å². The van der Waals surface area contributed by atoms with E-state index in [-0.39, 0.29) is 11.7 Å². The van der Waals surface area contributed by atoms with Crippen LogP contribution in [0.3, 0.4) is 0 Å². The number of fused-ring (bicyclic) bond motifs is 4. The minimum atomic E-state index is 0.0280. The minimum absolute atomic E-state index is 0.0280. The van der Waals surface area contributed by atoms with Crippen LogP contribution in [0.15, 0.2) is 10.9 Å². The fourth-order valence-corrected chi connectivity index (χ4v) is 4.19. The lowest BCUT2D eigenvalue weighted by Crippen LogP contribution is -2.45. The molecule has 108 valence electrons. The SMILES string of the molecule is Cc1cc2n(c(=O)c1C1CCCO1)CC1CNCC2C1. The summed E-state index contributed by atoms with van der Waals surface area (Å²) in [5, 5.41) is 3.50. The Morgan fingerprint density at radius 3 is 3.10 bits per heavy atom. The summed E-state index contributed by atoms with van der Waals surface area (Å²) >= 11 is 0. The molecule has 2 saturated heterocycles. The van der Waals surface area contributed by atoms with E-state index in [4.69, 9.17) is 4.74 Å². The van der Waals surface area contributed by atoms with Gasteiger partial charge in [-0.2, -0.15) is 0 Å². The van der Waals surface area contributed by atoms with Crippen molar-refractivity contribution in [3.8, 4) is 0 Å². The molecule has 3 aliphatic rings. The molecule has 20 heavy (non-hydrogen) atoms. The Bertz CT molecular complexity index is 587. The van der Waals surface area contributed by atoms with E-state index in [0.717, 1.165) is 50.2 Å². The zero-order valence-corrected chi connectivity index (χ0v) is 12.0. The highest BCUT2D eigenvalue weighted by molar-refractivity contribution is 5.32. The summed E-state index contributed by atoms with van der Waals surface area (Å²) in [6.45, 7) is 5.79. The number of nitrogens with one attached hydrogen (secondary N) is 1. The first-order chi connectivity index (χ1) is 9.74. The van der Waals surface area contributed by atoms with Gasteiger partial charge >= 0.3 is 0 Å². The van der Waals surface area contributed by atoms with Crippen molar-refractivity contribution in [2.75, 3.05) is 19.7 Å². The maximum Gasteiger partial charge on any atom is 0.256 e. The van der Waals surface area contributed by atoms with Crippen molar-refractivity contribution in [3.63, 3.8) is 0 Å². The maximum atomic E-state index is 12.9. The second-order valence-corrected chi connectivity index (χ2v) is 6.54. The molecule has 1 N–H and O–H groups in total. The molecule has 0 saturated carbocycles. The van der Waals surface area contributed by atoms with E-state index in [1.807, 2.05) is 4.57 Å². The van der Waals surface area contributed by atoms with Gasteiger partial charge in [0.05, 0.1) is 6.10 Å². The number of hydrogen-bond donors (Lipinski definition) is 1. The summed E-state index contributed by atoms with van der Waals surface area (Å²) in [7, 11) is 0. The van der Waals surface area contributed by atoms with E-state index in [2.05, 4.69) is 18.3 Å². The van der Waals surface area contributed by atoms with Gasteiger partial charge in [-0.1, -0.05) is 0 Å². The number of piperidine rings is 1. The first-order valence-electron chi connectivity index (χ1n) is 7.80. The third-order valence-electron chi connectivity index (χ3n) is 5.13. The quantitative estimate of drug-likeness (QED) is 0.848. The van der Waals surface area contributed by atoms with Gasteiger partial charge in [0.2, 0.25) is 0 Å². The first-order valence-corrected chi connectivity index (χ1v) is 7.80. The van der Waals surface area contributed by atoms with Gasteiger partial charge in [-0.15, -0.1) is 0 Å². The molecule has 4 rings (SSSR count). The predicted octanol–water partition coefficient (Wildman–Crippen LogP) is 1.71. The summed E-state index contributed by atoms with van der Waals surface area (Å²) in [5.41, 5.74) is 3.48. The van der Waals surface area contributed by atoms with Gasteiger partial charge in [0.15, 0.2) is 0 Å². The third-order valence-corrected chi connectivity index (χ3v) is 5.13. The molecule has 3 atom stereocenters. The Balaban J connectivity index is 1.84. The van der Waals surface area contributed by atoms with Crippen LogP contribution < -0.4 is 10.9 Å². The van der Waals surface area contributed by atoms with Gasteiger partial charge in [-0.05, 0) is 50.3 Å². The van der Waals surface area contributed by atoms with Crippen molar-refractivity contribution in [1.82, 2.24) is 9.88 Å². The summed E-state index contributed by atoms with van der Waals surface area (Å²) < 4.78 is 7.81. The number of pyridine rings is 1. The second kappa shape index (κ2) is 4.71. The van der Waals surface area contributed by atoms with Crippen LogP contribution in [0.1, 0.15) is 48.1 Å². The molecule has 0 aromatic carbocycles. The van der Waals surface area contributed by atoms with E-state index in [1.165, 1.54) is 12.1 Å². The largest absolute Gasteiger partial charge is 0.373 e. The Morgan fingerprint density at radius 1 is 1.40 bits per heavy atom. The lowest BCUT2D eigenvalue weighted by Gasteiger charge is -2.38. The van der Waals surface area contributed by atoms with Crippen molar-refractivity contribution in [1.29, 1.82) is 0 Å². The fraction of sp³-hybridized carbons (Fsp3) is 0.688. The van der Waals surface area contributed by atoms with Crippen molar-refractivity contribution in [2.45, 2.75) is 44.8 Å². The highest BCUT2D eigenvalue weighted by Gasteiger charge is 2.33. The van der Waals surface area contributed by atoms with Gasteiger partial charge in [-0.3, -0.25) is 4.79 Å². The third kappa shape index (κ3) is 1.85. The molecule has 1 aromatic heterocycles. The molecule has 0 amide bonds. The highest BCUT2D eigenvalue weighted by Crippen LogP contribution is 2.35. The van der Waals surface area contributed by atoms with Crippen LogP contribution in [-0.4, -0.2) is 24.3 Å². The number of nitrogens with zero attached hydrogens (tertiary/aromatic N) is 1. The summed E-state index contributed by atoms with van der Waals surface area (Å²) in [6, 6.07) is 2.24. The fourth-order valence-electron chi connectivity index (χ4n) is 4.19. The molecule has 0 radical (unpaired) electrons. The number of aryl methyl sites for hydroxylation is 1.